The highest BCUT2D eigenvalue weighted by atomic mass is 16.6. The highest BCUT2D eigenvalue weighted by Crippen LogP contribution is 2.19. The van der Waals surface area contributed by atoms with Crippen molar-refractivity contribution in [3.8, 4) is 11.3 Å². The minimum Gasteiger partial charge on any atom is -0.454 e. The van der Waals surface area contributed by atoms with E-state index in [0.717, 1.165) is 5.56 Å². The summed E-state index contributed by atoms with van der Waals surface area (Å²) < 4.78 is 15.5. The molecule has 0 bridgehead atoms. The van der Waals surface area contributed by atoms with Crippen molar-refractivity contribution in [2.24, 2.45) is 0 Å². The van der Waals surface area contributed by atoms with Gasteiger partial charge in [-0.3, -0.25) is 0 Å². The lowest BCUT2D eigenvalue weighted by molar-refractivity contribution is 0.0400. The van der Waals surface area contributed by atoms with E-state index in [0.29, 0.717) is 17.2 Å². The van der Waals surface area contributed by atoms with Crippen LogP contribution in [0.15, 0.2) is 57.5 Å². The second-order valence-corrected chi connectivity index (χ2v) is 4.53. The molecule has 0 amide bonds. The molecule has 0 saturated heterocycles. The largest absolute Gasteiger partial charge is 0.454 e. The van der Waals surface area contributed by atoms with Gasteiger partial charge in [-0.15, -0.1) is 0 Å². The van der Waals surface area contributed by atoms with Crippen molar-refractivity contribution in [3.05, 3.63) is 65.8 Å². The van der Waals surface area contributed by atoms with Crippen LogP contribution in [-0.4, -0.2) is 11.1 Å². The maximum atomic E-state index is 11.7. The maximum absolute atomic E-state index is 11.7. The van der Waals surface area contributed by atoms with Gasteiger partial charge in [-0.05, 0) is 19.1 Å². The summed E-state index contributed by atoms with van der Waals surface area (Å²) in [6.45, 7) is 1.78. The summed E-state index contributed by atoms with van der Waals surface area (Å²) in [6.07, 6.45) is 0. The summed E-state index contributed by atoms with van der Waals surface area (Å²) in [6, 6.07) is 14.7. The van der Waals surface area contributed by atoms with Gasteiger partial charge in [0.15, 0.2) is 12.4 Å². The summed E-state index contributed by atoms with van der Waals surface area (Å²) in [4.78, 5) is 11.7. The molecule has 0 aliphatic rings. The first-order valence-electron chi connectivity index (χ1n) is 6.47. The second-order valence-electron chi connectivity index (χ2n) is 4.53. The highest BCUT2D eigenvalue weighted by molar-refractivity contribution is 5.86. The fourth-order valence-electron chi connectivity index (χ4n) is 1.88. The van der Waals surface area contributed by atoms with Gasteiger partial charge < -0.3 is 13.7 Å². The zero-order valence-corrected chi connectivity index (χ0v) is 11.4. The van der Waals surface area contributed by atoms with Gasteiger partial charge in [0, 0.05) is 11.6 Å². The van der Waals surface area contributed by atoms with Gasteiger partial charge in [0.1, 0.15) is 11.5 Å². The predicted molar refractivity (Wildman–Crippen MR) is 74.5 cm³/mol. The lowest BCUT2D eigenvalue weighted by atomic mass is 10.1. The number of benzene rings is 1. The first-order chi connectivity index (χ1) is 10.2. The van der Waals surface area contributed by atoms with Crippen molar-refractivity contribution in [1.29, 1.82) is 0 Å². The Morgan fingerprint density at radius 2 is 2.00 bits per heavy atom. The monoisotopic (exact) mass is 283 g/mol. The number of aromatic nitrogens is 1. The van der Waals surface area contributed by atoms with Crippen LogP contribution in [0.5, 0.6) is 0 Å². The van der Waals surface area contributed by atoms with Crippen LogP contribution < -0.4 is 0 Å². The Morgan fingerprint density at radius 3 is 2.71 bits per heavy atom. The van der Waals surface area contributed by atoms with Crippen LogP contribution >= 0.6 is 0 Å². The summed E-state index contributed by atoms with van der Waals surface area (Å²) in [5.74, 6) is 0.787. The first-order valence-corrected chi connectivity index (χ1v) is 6.47. The number of aryl methyl sites for hydroxylation is 1. The first kappa shape index (κ1) is 13.2. The third kappa shape index (κ3) is 3.02. The molecule has 2 heterocycles. The molecule has 1 aromatic carbocycles. The summed E-state index contributed by atoms with van der Waals surface area (Å²) in [7, 11) is 0. The molecule has 0 aliphatic carbocycles. The van der Waals surface area contributed by atoms with Crippen LogP contribution in [0.25, 0.3) is 11.3 Å². The fraction of sp³-hybridized carbons (Fsp3) is 0.125. The molecule has 0 aliphatic heterocycles. The van der Waals surface area contributed by atoms with E-state index in [2.05, 4.69) is 5.16 Å². The minimum atomic E-state index is -0.527. The van der Waals surface area contributed by atoms with E-state index in [1.165, 1.54) is 0 Å². The molecule has 5 nitrogen and oxygen atoms in total. The summed E-state index contributed by atoms with van der Waals surface area (Å²) in [5, 5.41) is 3.95. The van der Waals surface area contributed by atoms with E-state index in [4.69, 9.17) is 13.7 Å². The molecule has 0 radical (unpaired) electrons. The van der Waals surface area contributed by atoms with Gasteiger partial charge in [-0.1, -0.05) is 35.5 Å². The minimum absolute atomic E-state index is 0.0123. The molecule has 21 heavy (non-hydrogen) atoms. The maximum Gasteiger partial charge on any atom is 0.374 e. The molecule has 0 spiro atoms. The van der Waals surface area contributed by atoms with Crippen LogP contribution in [0.4, 0.5) is 0 Å². The number of rotatable bonds is 4. The van der Waals surface area contributed by atoms with Crippen LogP contribution in [0, 0.1) is 6.92 Å². The molecule has 3 rings (SSSR count). The van der Waals surface area contributed by atoms with Crippen LogP contribution in [-0.2, 0) is 11.3 Å². The lowest BCUT2D eigenvalue weighted by Crippen LogP contribution is -2.03. The molecule has 0 N–H and O–H groups in total. The SMILES string of the molecule is Cc1ccc(C(=O)OCc2cc(-c3ccccc3)no2)o1. The van der Waals surface area contributed by atoms with Crippen molar-refractivity contribution in [1.82, 2.24) is 5.16 Å². The predicted octanol–water partition coefficient (Wildman–Crippen LogP) is 3.60. The van der Waals surface area contributed by atoms with E-state index in [9.17, 15) is 4.79 Å². The number of nitrogens with zero attached hydrogens (tertiary/aromatic N) is 1. The lowest BCUT2D eigenvalue weighted by Gasteiger charge is -1.98. The Hall–Kier alpha value is -2.82. The molecule has 0 fully saturated rings. The quantitative estimate of drug-likeness (QED) is 0.684. The summed E-state index contributed by atoms with van der Waals surface area (Å²) in [5.41, 5.74) is 1.65. The molecule has 0 unspecified atom stereocenters. The Morgan fingerprint density at radius 1 is 1.19 bits per heavy atom. The molecule has 3 aromatic rings. The molecule has 106 valence electrons. The van der Waals surface area contributed by atoms with Crippen molar-refractivity contribution >= 4 is 5.97 Å². The van der Waals surface area contributed by atoms with Crippen LogP contribution in [0.3, 0.4) is 0 Å². The number of hydrogen-bond donors (Lipinski definition) is 0. The van der Waals surface area contributed by atoms with E-state index in [-0.39, 0.29) is 12.4 Å². The van der Waals surface area contributed by atoms with Gasteiger partial charge in [0.25, 0.3) is 0 Å². The van der Waals surface area contributed by atoms with E-state index in [1.807, 2.05) is 30.3 Å². The van der Waals surface area contributed by atoms with E-state index < -0.39 is 5.97 Å². The van der Waals surface area contributed by atoms with Crippen molar-refractivity contribution < 1.29 is 18.5 Å². The van der Waals surface area contributed by atoms with E-state index in [1.54, 1.807) is 25.1 Å². The number of carbonyl (C=O) groups is 1. The zero-order chi connectivity index (χ0) is 14.7. The Bertz CT molecular complexity index is 742. The third-order valence-corrected chi connectivity index (χ3v) is 2.92. The van der Waals surface area contributed by atoms with Crippen LogP contribution in [0.2, 0.25) is 0 Å². The standard InChI is InChI=1S/C16H13NO4/c1-11-7-8-15(20-11)16(18)19-10-13-9-14(17-21-13)12-5-3-2-4-6-12/h2-9H,10H2,1H3. The van der Waals surface area contributed by atoms with Crippen molar-refractivity contribution in [3.63, 3.8) is 0 Å². The summed E-state index contributed by atoms with van der Waals surface area (Å²) >= 11 is 0. The molecule has 0 saturated carbocycles. The number of ether oxygens (including phenoxy) is 1. The van der Waals surface area contributed by atoms with Gasteiger partial charge in [-0.25, -0.2) is 4.79 Å². The number of esters is 1. The third-order valence-electron chi connectivity index (χ3n) is 2.92. The molecule has 0 atom stereocenters. The number of hydrogen-bond acceptors (Lipinski definition) is 5. The number of carbonyl (C=O) groups excluding carboxylic acids is 1. The van der Waals surface area contributed by atoms with Gasteiger partial charge in [-0.2, -0.15) is 0 Å². The molecular formula is C16H13NO4. The Kier molecular flexibility index (Phi) is 3.55. The molecular weight excluding hydrogens is 270 g/mol. The van der Waals surface area contributed by atoms with Crippen molar-refractivity contribution in [2.45, 2.75) is 13.5 Å². The zero-order valence-electron chi connectivity index (χ0n) is 11.4. The van der Waals surface area contributed by atoms with Gasteiger partial charge >= 0.3 is 5.97 Å². The average molecular weight is 283 g/mol. The normalized spacial score (nSPS) is 10.5. The van der Waals surface area contributed by atoms with Crippen LogP contribution in [0.1, 0.15) is 22.1 Å². The smallest absolute Gasteiger partial charge is 0.374 e. The fourth-order valence-corrected chi connectivity index (χ4v) is 1.88. The average Bonchev–Trinajstić information content (AvgIpc) is 3.15. The molecule has 5 heteroatoms. The Labute approximate surface area is 121 Å². The topological polar surface area (TPSA) is 65.5 Å². The van der Waals surface area contributed by atoms with Gasteiger partial charge in [0.2, 0.25) is 5.76 Å². The molecule has 2 aromatic heterocycles. The van der Waals surface area contributed by atoms with E-state index >= 15 is 0 Å². The highest BCUT2D eigenvalue weighted by Gasteiger charge is 2.13. The van der Waals surface area contributed by atoms with Crippen molar-refractivity contribution in [2.75, 3.05) is 0 Å². The number of furan rings is 1. The Balaban J connectivity index is 1.64. The van der Waals surface area contributed by atoms with Gasteiger partial charge in [0.05, 0.1) is 0 Å². The second kappa shape index (κ2) is 5.66.